The van der Waals surface area contributed by atoms with Gasteiger partial charge in [-0.1, -0.05) is 42.5 Å². The molecule has 4 nitrogen and oxygen atoms in total. The molecule has 0 saturated heterocycles. The van der Waals surface area contributed by atoms with Gasteiger partial charge in [-0.15, -0.1) is 12.4 Å². The van der Waals surface area contributed by atoms with Crippen LogP contribution in [0.1, 0.15) is 23.6 Å². The van der Waals surface area contributed by atoms with Crippen LogP contribution in [-0.4, -0.2) is 19.6 Å². The van der Waals surface area contributed by atoms with E-state index in [9.17, 15) is 4.79 Å². The smallest absolute Gasteiger partial charge is 0.241 e. The maximum atomic E-state index is 12.0. The van der Waals surface area contributed by atoms with Crippen LogP contribution in [0.25, 0.3) is 0 Å². The number of nitrogens with two attached hydrogens (primary N) is 1. The first-order valence-corrected chi connectivity index (χ1v) is 7.42. The Balaban J connectivity index is 0.00000264. The number of hydrogen-bond acceptors (Lipinski definition) is 3. The van der Waals surface area contributed by atoms with Crippen molar-refractivity contribution in [1.29, 1.82) is 0 Å². The summed E-state index contributed by atoms with van der Waals surface area (Å²) in [6, 6.07) is 16.7. The average molecular weight is 335 g/mol. The molecule has 1 unspecified atom stereocenters. The second kappa shape index (κ2) is 9.87. The lowest BCUT2D eigenvalue weighted by molar-refractivity contribution is -0.122. The minimum absolute atomic E-state index is 0. The summed E-state index contributed by atoms with van der Waals surface area (Å²) < 4.78 is 5.19. The van der Waals surface area contributed by atoms with Crippen LogP contribution in [-0.2, 0) is 11.2 Å². The molecule has 2 aromatic carbocycles. The molecule has 0 aromatic heterocycles. The van der Waals surface area contributed by atoms with Gasteiger partial charge in [0.05, 0.1) is 7.11 Å². The number of amides is 1. The third-order valence-electron chi connectivity index (χ3n) is 3.52. The summed E-state index contributed by atoms with van der Waals surface area (Å²) in [5.41, 5.74) is 7.96. The summed E-state index contributed by atoms with van der Waals surface area (Å²) >= 11 is 0. The fourth-order valence-electron chi connectivity index (χ4n) is 2.25. The zero-order valence-corrected chi connectivity index (χ0v) is 14.0. The molecule has 3 N–H and O–H groups in total. The molecule has 2 rings (SSSR count). The van der Waals surface area contributed by atoms with E-state index in [0.717, 1.165) is 24.2 Å². The maximum absolute atomic E-state index is 12.0. The predicted octanol–water partition coefficient (Wildman–Crippen LogP) is 2.87. The van der Waals surface area contributed by atoms with Gasteiger partial charge in [0, 0.05) is 6.54 Å². The molecular weight excluding hydrogens is 312 g/mol. The van der Waals surface area contributed by atoms with Crippen LogP contribution in [0.2, 0.25) is 0 Å². The second-order valence-electron chi connectivity index (χ2n) is 5.13. The minimum atomic E-state index is -0.613. The molecule has 0 saturated carbocycles. The molecular formula is C18H23ClN2O2. The van der Waals surface area contributed by atoms with Gasteiger partial charge in [0.15, 0.2) is 0 Å². The highest BCUT2D eigenvalue weighted by molar-refractivity contribution is 5.85. The Kier molecular flexibility index (Phi) is 8.16. The van der Waals surface area contributed by atoms with Crippen molar-refractivity contribution in [2.75, 3.05) is 13.7 Å². The van der Waals surface area contributed by atoms with E-state index in [-0.39, 0.29) is 18.3 Å². The van der Waals surface area contributed by atoms with E-state index < -0.39 is 6.04 Å². The molecule has 124 valence electrons. The van der Waals surface area contributed by atoms with Crippen LogP contribution in [0, 0.1) is 0 Å². The van der Waals surface area contributed by atoms with E-state index in [1.165, 1.54) is 5.56 Å². The molecule has 1 amide bonds. The zero-order chi connectivity index (χ0) is 15.8. The maximum Gasteiger partial charge on any atom is 0.241 e. The number of hydrogen-bond donors (Lipinski definition) is 2. The van der Waals surface area contributed by atoms with Gasteiger partial charge in [-0.3, -0.25) is 4.79 Å². The van der Waals surface area contributed by atoms with Gasteiger partial charge in [-0.25, -0.2) is 0 Å². The molecule has 0 aliphatic rings. The first-order valence-electron chi connectivity index (χ1n) is 7.42. The topological polar surface area (TPSA) is 64.3 Å². The van der Waals surface area contributed by atoms with E-state index in [1.807, 2.05) is 48.5 Å². The van der Waals surface area contributed by atoms with Crippen molar-refractivity contribution in [3.05, 3.63) is 65.7 Å². The highest BCUT2D eigenvalue weighted by atomic mass is 35.5. The lowest BCUT2D eigenvalue weighted by Gasteiger charge is -2.12. The van der Waals surface area contributed by atoms with E-state index in [4.69, 9.17) is 10.5 Å². The highest BCUT2D eigenvalue weighted by Crippen LogP contribution is 2.14. The third kappa shape index (κ3) is 5.93. The molecule has 0 bridgehead atoms. The highest BCUT2D eigenvalue weighted by Gasteiger charge is 2.14. The summed E-state index contributed by atoms with van der Waals surface area (Å²) in [6.45, 7) is 0.608. The summed E-state index contributed by atoms with van der Waals surface area (Å²) in [5.74, 6) is 0.712. The summed E-state index contributed by atoms with van der Waals surface area (Å²) in [6.07, 6.45) is 1.75. The van der Waals surface area contributed by atoms with E-state index in [0.29, 0.717) is 6.54 Å². The van der Waals surface area contributed by atoms with E-state index in [1.54, 1.807) is 7.11 Å². The fraction of sp³-hybridized carbons (Fsp3) is 0.278. The summed E-state index contributed by atoms with van der Waals surface area (Å²) in [4.78, 5) is 12.0. The molecule has 0 fully saturated rings. The van der Waals surface area contributed by atoms with Crippen LogP contribution in [0.15, 0.2) is 54.6 Å². The lowest BCUT2D eigenvalue weighted by Crippen LogP contribution is -2.34. The Morgan fingerprint density at radius 1 is 1.17 bits per heavy atom. The van der Waals surface area contributed by atoms with Crippen molar-refractivity contribution in [3.8, 4) is 5.75 Å². The van der Waals surface area contributed by atoms with Crippen LogP contribution in [0.4, 0.5) is 0 Å². The van der Waals surface area contributed by atoms with Crippen molar-refractivity contribution < 1.29 is 9.53 Å². The van der Waals surface area contributed by atoms with E-state index >= 15 is 0 Å². The van der Waals surface area contributed by atoms with Gasteiger partial charge >= 0.3 is 0 Å². The molecule has 0 spiro atoms. The van der Waals surface area contributed by atoms with Crippen molar-refractivity contribution >= 4 is 18.3 Å². The molecule has 0 aliphatic heterocycles. The summed E-state index contributed by atoms with van der Waals surface area (Å²) in [7, 11) is 1.66. The minimum Gasteiger partial charge on any atom is -0.497 e. The number of carbonyl (C=O) groups excluding carboxylic acids is 1. The Labute approximate surface area is 143 Å². The Hall–Kier alpha value is -2.04. The molecule has 23 heavy (non-hydrogen) atoms. The van der Waals surface area contributed by atoms with Crippen LogP contribution < -0.4 is 15.8 Å². The molecule has 2 aromatic rings. The zero-order valence-electron chi connectivity index (χ0n) is 13.2. The average Bonchev–Trinajstić information content (AvgIpc) is 2.58. The molecule has 5 heteroatoms. The van der Waals surface area contributed by atoms with Crippen molar-refractivity contribution in [3.63, 3.8) is 0 Å². The molecule has 0 heterocycles. The third-order valence-corrected chi connectivity index (χ3v) is 3.52. The number of rotatable bonds is 7. The van der Waals surface area contributed by atoms with Crippen LogP contribution in [0.3, 0.4) is 0 Å². The van der Waals surface area contributed by atoms with Crippen molar-refractivity contribution in [1.82, 2.24) is 5.32 Å². The monoisotopic (exact) mass is 334 g/mol. The molecule has 0 aliphatic carbocycles. The van der Waals surface area contributed by atoms with Gasteiger partial charge in [-0.2, -0.15) is 0 Å². The first kappa shape index (κ1) is 19.0. The number of halogens is 1. The first-order chi connectivity index (χ1) is 10.7. The number of nitrogens with one attached hydrogen (secondary N) is 1. The number of ether oxygens (including phenoxy) is 1. The number of benzene rings is 2. The molecule has 0 radical (unpaired) electrons. The summed E-state index contributed by atoms with van der Waals surface area (Å²) in [5, 5.41) is 2.88. The number of methoxy groups -OCH3 is 1. The number of aryl methyl sites for hydroxylation is 1. The second-order valence-corrected chi connectivity index (χ2v) is 5.13. The largest absolute Gasteiger partial charge is 0.497 e. The van der Waals surface area contributed by atoms with E-state index in [2.05, 4.69) is 11.4 Å². The Morgan fingerprint density at radius 2 is 1.91 bits per heavy atom. The van der Waals surface area contributed by atoms with Gasteiger partial charge < -0.3 is 15.8 Å². The van der Waals surface area contributed by atoms with Crippen molar-refractivity contribution in [2.45, 2.75) is 18.9 Å². The SMILES string of the molecule is COc1cccc(CCCNC(=O)C(N)c2ccccc2)c1.Cl. The number of carbonyl (C=O) groups is 1. The quantitative estimate of drug-likeness (QED) is 0.765. The normalized spacial score (nSPS) is 11.2. The van der Waals surface area contributed by atoms with Crippen LogP contribution in [0.5, 0.6) is 5.75 Å². The Bertz CT molecular complexity index is 605. The Morgan fingerprint density at radius 3 is 2.61 bits per heavy atom. The van der Waals surface area contributed by atoms with Gasteiger partial charge in [0.2, 0.25) is 5.91 Å². The van der Waals surface area contributed by atoms with Crippen LogP contribution >= 0.6 is 12.4 Å². The van der Waals surface area contributed by atoms with Gasteiger partial charge in [0.25, 0.3) is 0 Å². The fourth-order valence-corrected chi connectivity index (χ4v) is 2.25. The predicted molar refractivity (Wildman–Crippen MR) is 94.9 cm³/mol. The van der Waals surface area contributed by atoms with Crippen molar-refractivity contribution in [2.24, 2.45) is 5.73 Å². The molecule has 1 atom stereocenters. The standard InChI is InChI=1S/C18H22N2O2.ClH/c1-22-16-11-5-7-14(13-16)8-6-12-20-18(21)17(19)15-9-3-2-4-10-15;/h2-5,7,9-11,13,17H,6,8,12,19H2,1H3,(H,20,21);1H. The lowest BCUT2D eigenvalue weighted by atomic mass is 10.1. The van der Waals surface area contributed by atoms with Gasteiger partial charge in [-0.05, 0) is 36.1 Å². The van der Waals surface area contributed by atoms with Gasteiger partial charge in [0.1, 0.15) is 11.8 Å².